The van der Waals surface area contributed by atoms with Crippen molar-refractivity contribution in [3.8, 4) is 0 Å². The zero-order valence-electron chi connectivity index (χ0n) is 11.4. The molecular weight excluding hydrogens is 228 g/mol. The highest BCUT2D eigenvalue weighted by atomic mass is 14.4. The molecule has 0 bridgehead atoms. The van der Waals surface area contributed by atoms with Crippen LogP contribution in [0.4, 0.5) is 0 Å². The van der Waals surface area contributed by atoms with E-state index in [4.69, 9.17) is 0 Å². The molecule has 0 fully saturated rings. The van der Waals surface area contributed by atoms with Gasteiger partial charge >= 0.3 is 0 Å². The Morgan fingerprint density at radius 2 is 1.89 bits per heavy atom. The molecule has 0 saturated carbocycles. The summed E-state index contributed by atoms with van der Waals surface area (Å²) in [5.74, 6) is 1.70. The minimum Gasteiger partial charge on any atom is -0.0757 e. The Bertz CT molecular complexity index is 665. The van der Waals surface area contributed by atoms with Crippen LogP contribution in [-0.2, 0) is 0 Å². The standard InChI is InChI=1S/C19H18/c1-12(2)13-10-11-18-15-7-4-3-6-14(15)17-9-5-8-16(13)19(17)18/h3-12,18-19H,1-2H3. The first-order chi connectivity index (χ1) is 9.27. The molecule has 1 aromatic rings. The maximum absolute atomic E-state index is 2.42. The van der Waals surface area contributed by atoms with Gasteiger partial charge in [0.15, 0.2) is 0 Å². The topological polar surface area (TPSA) is 0 Å². The van der Waals surface area contributed by atoms with Gasteiger partial charge in [-0.1, -0.05) is 68.5 Å². The first-order valence-electron chi connectivity index (χ1n) is 7.17. The second kappa shape index (κ2) is 3.84. The molecule has 0 N–H and O–H groups in total. The van der Waals surface area contributed by atoms with Crippen LogP contribution in [0.1, 0.15) is 30.9 Å². The van der Waals surface area contributed by atoms with Gasteiger partial charge in [-0.05, 0) is 33.8 Å². The molecule has 0 saturated heterocycles. The molecule has 0 aliphatic heterocycles. The van der Waals surface area contributed by atoms with Crippen molar-refractivity contribution in [3.63, 3.8) is 0 Å². The monoisotopic (exact) mass is 246 g/mol. The van der Waals surface area contributed by atoms with Crippen molar-refractivity contribution >= 4 is 5.57 Å². The smallest absolute Gasteiger partial charge is 0.0202 e. The number of allylic oxidation sites excluding steroid dienone is 8. The van der Waals surface area contributed by atoms with Gasteiger partial charge in [-0.3, -0.25) is 0 Å². The van der Waals surface area contributed by atoms with Crippen LogP contribution in [0.2, 0.25) is 0 Å². The Hall–Kier alpha value is -1.82. The third kappa shape index (κ3) is 1.40. The van der Waals surface area contributed by atoms with Crippen molar-refractivity contribution in [2.45, 2.75) is 19.8 Å². The molecule has 0 heterocycles. The highest BCUT2D eigenvalue weighted by Crippen LogP contribution is 2.54. The summed E-state index contributed by atoms with van der Waals surface area (Å²) in [6.07, 6.45) is 11.6. The van der Waals surface area contributed by atoms with Crippen LogP contribution in [0.3, 0.4) is 0 Å². The summed E-state index contributed by atoms with van der Waals surface area (Å²) >= 11 is 0. The summed E-state index contributed by atoms with van der Waals surface area (Å²) in [6.45, 7) is 4.59. The third-order valence-electron chi connectivity index (χ3n) is 4.65. The Morgan fingerprint density at radius 3 is 2.74 bits per heavy atom. The van der Waals surface area contributed by atoms with Gasteiger partial charge in [0.25, 0.3) is 0 Å². The summed E-state index contributed by atoms with van der Waals surface area (Å²) in [5, 5.41) is 0. The fraction of sp³-hybridized carbons (Fsp3) is 0.263. The lowest BCUT2D eigenvalue weighted by molar-refractivity contribution is 0.674. The number of fused-ring (bicyclic) bond motifs is 3. The maximum Gasteiger partial charge on any atom is 0.0202 e. The average molecular weight is 246 g/mol. The van der Waals surface area contributed by atoms with E-state index in [0.717, 1.165) is 0 Å². The Labute approximate surface area is 114 Å². The van der Waals surface area contributed by atoms with Crippen LogP contribution in [0, 0.1) is 11.8 Å². The summed E-state index contributed by atoms with van der Waals surface area (Å²) in [7, 11) is 0. The first-order valence-corrected chi connectivity index (χ1v) is 7.17. The number of benzene rings is 1. The van der Waals surface area contributed by atoms with E-state index >= 15 is 0 Å². The van der Waals surface area contributed by atoms with E-state index in [1.165, 1.54) is 27.8 Å². The van der Waals surface area contributed by atoms with E-state index in [0.29, 0.717) is 17.8 Å². The summed E-state index contributed by atoms with van der Waals surface area (Å²) in [4.78, 5) is 0. The van der Waals surface area contributed by atoms with Crippen molar-refractivity contribution < 1.29 is 0 Å². The number of hydrogen-bond donors (Lipinski definition) is 0. The van der Waals surface area contributed by atoms with Crippen molar-refractivity contribution in [3.05, 3.63) is 76.9 Å². The molecule has 0 aromatic heterocycles. The zero-order chi connectivity index (χ0) is 13.0. The van der Waals surface area contributed by atoms with Gasteiger partial charge in [0.1, 0.15) is 0 Å². The van der Waals surface area contributed by atoms with Crippen LogP contribution >= 0.6 is 0 Å². The Morgan fingerprint density at radius 1 is 1.05 bits per heavy atom. The predicted octanol–water partition coefficient (Wildman–Crippen LogP) is 4.88. The van der Waals surface area contributed by atoms with Gasteiger partial charge in [0.05, 0.1) is 0 Å². The predicted molar refractivity (Wildman–Crippen MR) is 80.8 cm³/mol. The molecular formula is C19H18. The minimum atomic E-state index is 0.546. The van der Waals surface area contributed by atoms with Gasteiger partial charge in [-0.2, -0.15) is 0 Å². The fourth-order valence-electron chi connectivity index (χ4n) is 3.82. The average Bonchev–Trinajstić information content (AvgIpc) is 2.76. The van der Waals surface area contributed by atoms with Gasteiger partial charge in [-0.25, -0.2) is 0 Å². The number of rotatable bonds is 1. The van der Waals surface area contributed by atoms with Crippen LogP contribution in [0.5, 0.6) is 0 Å². The highest BCUT2D eigenvalue weighted by molar-refractivity contribution is 5.83. The highest BCUT2D eigenvalue weighted by Gasteiger charge is 2.39. The van der Waals surface area contributed by atoms with E-state index in [2.05, 4.69) is 68.5 Å². The van der Waals surface area contributed by atoms with Crippen LogP contribution in [-0.4, -0.2) is 0 Å². The lowest BCUT2D eigenvalue weighted by atomic mass is 9.74. The van der Waals surface area contributed by atoms with E-state index < -0.39 is 0 Å². The van der Waals surface area contributed by atoms with E-state index in [9.17, 15) is 0 Å². The van der Waals surface area contributed by atoms with Gasteiger partial charge in [0, 0.05) is 11.8 Å². The normalized spacial score (nSPS) is 26.6. The molecule has 94 valence electrons. The van der Waals surface area contributed by atoms with E-state index in [1.54, 1.807) is 0 Å². The van der Waals surface area contributed by atoms with E-state index in [-0.39, 0.29) is 0 Å². The molecule has 0 spiro atoms. The Kier molecular flexibility index (Phi) is 2.23. The minimum absolute atomic E-state index is 0.546. The summed E-state index contributed by atoms with van der Waals surface area (Å²) in [5.41, 5.74) is 7.51. The molecule has 4 rings (SSSR count). The summed E-state index contributed by atoms with van der Waals surface area (Å²) in [6, 6.07) is 8.89. The SMILES string of the molecule is CC(C)C1=C2C=CC=C3c4ccccc4C(C=C1)C32. The van der Waals surface area contributed by atoms with Gasteiger partial charge in [-0.15, -0.1) is 0 Å². The van der Waals surface area contributed by atoms with Crippen molar-refractivity contribution in [2.24, 2.45) is 11.8 Å². The molecule has 0 heteroatoms. The van der Waals surface area contributed by atoms with Crippen molar-refractivity contribution in [2.75, 3.05) is 0 Å². The lowest BCUT2D eigenvalue weighted by Crippen LogP contribution is -2.16. The molecule has 2 unspecified atom stereocenters. The van der Waals surface area contributed by atoms with Gasteiger partial charge in [0.2, 0.25) is 0 Å². The second-order valence-electron chi connectivity index (χ2n) is 6.00. The molecule has 0 nitrogen and oxygen atoms in total. The molecule has 0 amide bonds. The lowest BCUT2D eigenvalue weighted by Gasteiger charge is -2.30. The zero-order valence-corrected chi connectivity index (χ0v) is 11.4. The largest absolute Gasteiger partial charge is 0.0757 e. The van der Waals surface area contributed by atoms with Gasteiger partial charge < -0.3 is 0 Å². The number of hydrogen-bond acceptors (Lipinski definition) is 0. The van der Waals surface area contributed by atoms with Crippen LogP contribution in [0.25, 0.3) is 5.57 Å². The first kappa shape index (κ1) is 11.0. The van der Waals surface area contributed by atoms with E-state index in [1.807, 2.05) is 0 Å². The van der Waals surface area contributed by atoms with Crippen molar-refractivity contribution in [1.82, 2.24) is 0 Å². The molecule has 2 atom stereocenters. The Balaban J connectivity index is 1.97. The molecule has 3 aliphatic rings. The molecule has 19 heavy (non-hydrogen) atoms. The fourth-order valence-corrected chi connectivity index (χ4v) is 3.82. The quantitative estimate of drug-likeness (QED) is 0.662. The van der Waals surface area contributed by atoms with Crippen molar-refractivity contribution in [1.29, 1.82) is 0 Å². The van der Waals surface area contributed by atoms with Crippen LogP contribution in [0.15, 0.2) is 65.8 Å². The third-order valence-corrected chi connectivity index (χ3v) is 4.65. The maximum atomic E-state index is 2.42. The second-order valence-corrected chi connectivity index (χ2v) is 6.00. The van der Waals surface area contributed by atoms with Crippen LogP contribution < -0.4 is 0 Å². The summed E-state index contributed by atoms with van der Waals surface area (Å²) < 4.78 is 0. The molecule has 1 aromatic carbocycles. The molecule has 3 aliphatic carbocycles. The molecule has 0 radical (unpaired) electrons.